The first-order valence-electron chi connectivity index (χ1n) is 7.99. The minimum absolute atomic E-state index is 0.0741. The van der Waals surface area contributed by atoms with Gasteiger partial charge >= 0.3 is 5.76 Å². The van der Waals surface area contributed by atoms with Gasteiger partial charge in [0.05, 0.1) is 16.5 Å². The van der Waals surface area contributed by atoms with Crippen LogP contribution in [0.2, 0.25) is 0 Å². The van der Waals surface area contributed by atoms with Crippen LogP contribution >= 0.6 is 0 Å². The Kier molecular flexibility index (Phi) is 5.74. The number of aromatic nitrogens is 1. The molecule has 0 amide bonds. The molecule has 1 aromatic heterocycles. The standard InChI is InChI=1S/C16H23N3O5/c1-11(2)17(10-12(3)20)7-4-8-18-14-9-13(19(22)23)5-6-15(14)24-16(18)21/h5-6,9,11-12,20H,4,7-8,10H2,1-3H3. The Labute approximate surface area is 139 Å². The lowest BCUT2D eigenvalue weighted by molar-refractivity contribution is -0.384. The number of aliphatic hydroxyl groups is 1. The number of rotatable bonds is 8. The van der Waals surface area contributed by atoms with E-state index in [1.165, 1.54) is 22.8 Å². The van der Waals surface area contributed by atoms with E-state index in [0.717, 1.165) is 0 Å². The number of nitro groups is 1. The number of aliphatic hydroxyl groups excluding tert-OH is 1. The van der Waals surface area contributed by atoms with E-state index in [1.807, 2.05) is 13.8 Å². The number of nitro benzene ring substituents is 1. The van der Waals surface area contributed by atoms with Crippen molar-refractivity contribution in [2.75, 3.05) is 13.1 Å². The molecule has 1 heterocycles. The Bertz CT molecular complexity index is 763. The second kappa shape index (κ2) is 7.59. The van der Waals surface area contributed by atoms with Gasteiger partial charge in [-0.25, -0.2) is 4.79 Å². The van der Waals surface area contributed by atoms with Crippen molar-refractivity contribution in [3.05, 3.63) is 38.9 Å². The molecule has 0 aliphatic rings. The van der Waals surface area contributed by atoms with Crippen LogP contribution in [0.1, 0.15) is 27.2 Å². The van der Waals surface area contributed by atoms with Gasteiger partial charge in [0.2, 0.25) is 0 Å². The Balaban J connectivity index is 2.14. The maximum absolute atomic E-state index is 12.0. The molecule has 24 heavy (non-hydrogen) atoms. The summed E-state index contributed by atoms with van der Waals surface area (Å²) in [5.41, 5.74) is 0.700. The van der Waals surface area contributed by atoms with Gasteiger partial charge in [-0.15, -0.1) is 0 Å². The minimum Gasteiger partial charge on any atom is -0.408 e. The van der Waals surface area contributed by atoms with Crippen molar-refractivity contribution in [2.24, 2.45) is 0 Å². The smallest absolute Gasteiger partial charge is 0.408 e. The summed E-state index contributed by atoms with van der Waals surface area (Å²) in [5.74, 6) is -0.517. The topological polar surface area (TPSA) is 102 Å². The first-order valence-corrected chi connectivity index (χ1v) is 7.99. The van der Waals surface area contributed by atoms with Crippen molar-refractivity contribution in [3.63, 3.8) is 0 Å². The molecule has 0 radical (unpaired) electrons. The molecule has 132 valence electrons. The summed E-state index contributed by atoms with van der Waals surface area (Å²) in [4.78, 5) is 24.5. The molecule has 0 aliphatic heterocycles. The van der Waals surface area contributed by atoms with E-state index >= 15 is 0 Å². The number of aryl methyl sites for hydroxylation is 1. The quantitative estimate of drug-likeness (QED) is 0.584. The van der Waals surface area contributed by atoms with E-state index in [1.54, 1.807) is 6.92 Å². The fourth-order valence-electron chi connectivity index (χ4n) is 2.71. The first-order chi connectivity index (χ1) is 11.3. The van der Waals surface area contributed by atoms with Crippen LogP contribution in [0.4, 0.5) is 5.69 Å². The fraction of sp³-hybridized carbons (Fsp3) is 0.562. The number of hydrogen-bond acceptors (Lipinski definition) is 6. The van der Waals surface area contributed by atoms with Crippen LogP contribution in [0.25, 0.3) is 11.1 Å². The highest BCUT2D eigenvalue weighted by Crippen LogP contribution is 2.20. The van der Waals surface area contributed by atoms with Crippen molar-refractivity contribution in [1.82, 2.24) is 9.47 Å². The van der Waals surface area contributed by atoms with Crippen LogP contribution < -0.4 is 5.76 Å². The molecule has 0 spiro atoms. The van der Waals surface area contributed by atoms with Crippen LogP contribution in [-0.4, -0.2) is 44.7 Å². The number of benzene rings is 1. The zero-order valence-corrected chi connectivity index (χ0v) is 14.1. The van der Waals surface area contributed by atoms with E-state index in [9.17, 15) is 20.0 Å². The molecule has 1 unspecified atom stereocenters. The SMILES string of the molecule is CC(O)CN(CCCn1c(=O)oc2ccc([N+](=O)[O-])cc21)C(C)C. The molecule has 0 bridgehead atoms. The van der Waals surface area contributed by atoms with E-state index in [2.05, 4.69) is 4.90 Å². The molecule has 0 saturated carbocycles. The largest absolute Gasteiger partial charge is 0.419 e. The lowest BCUT2D eigenvalue weighted by atomic mass is 10.2. The van der Waals surface area contributed by atoms with Crippen molar-refractivity contribution in [2.45, 2.75) is 45.9 Å². The summed E-state index contributed by atoms with van der Waals surface area (Å²) >= 11 is 0. The number of nitrogens with zero attached hydrogens (tertiary/aromatic N) is 3. The summed E-state index contributed by atoms with van der Waals surface area (Å²) in [6, 6.07) is 4.40. The first kappa shape index (κ1) is 18.2. The molecule has 1 N–H and O–H groups in total. The normalized spacial score (nSPS) is 13.1. The molecule has 0 saturated heterocycles. The summed E-state index contributed by atoms with van der Waals surface area (Å²) in [5, 5.41) is 20.4. The molecule has 8 heteroatoms. The zero-order valence-electron chi connectivity index (χ0n) is 14.1. The Morgan fingerprint density at radius 3 is 2.67 bits per heavy atom. The van der Waals surface area contributed by atoms with Gasteiger partial charge in [0.25, 0.3) is 5.69 Å². The van der Waals surface area contributed by atoms with E-state index in [4.69, 9.17) is 4.42 Å². The van der Waals surface area contributed by atoms with Crippen molar-refractivity contribution >= 4 is 16.8 Å². The third-order valence-corrected chi connectivity index (χ3v) is 3.92. The predicted molar refractivity (Wildman–Crippen MR) is 90.1 cm³/mol. The Hall–Kier alpha value is -2.19. The van der Waals surface area contributed by atoms with E-state index < -0.39 is 16.8 Å². The number of hydrogen-bond donors (Lipinski definition) is 1. The molecule has 1 aromatic carbocycles. The summed E-state index contributed by atoms with van der Waals surface area (Å²) in [7, 11) is 0. The zero-order chi connectivity index (χ0) is 17.9. The summed E-state index contributed by atoms with van der Waals surface area (Å²) in [6.07, 6.45) is 0.245. The van der Waals surface area contributed by atoms with Crippen molar-refractivity contribution < 1.29 is 14.4 Å². The van der Waals surface area contributed by atoms with Gasteiger partial charge < -0.3 is 9.52 Å². The second-order valence-electron chi connectivity index (χ2n) is 6.22. The highest BCUT2D eigenvalue weighted by molar-refractivity contribution is 5.75. The van der Waals surface area contributed by atoms with Crippen LogP contribution in [0.15, 0.2) is 27.4 Å². The monoisotopic (exact) mass is 337 g/mol. The van der Waals surface area contributed by atoms with Gasteiger partial charge in [0.15, 0.2) is 5.58 Å². The average molecular weight is 337 g/mol. The van der Waals surface area contributed by atoms with Gasteiger partial charge in [0.1, 0.15) is 0 Å². The lowest BCUT2D eigenvalue weighted by Crippen LogP contribution is -2.37. The molecule has 0 aliphatic carbocycles. The molecule has 2 rings (SSSR count). The molecular weight excluding hydrogens is 314 g/mol. The summed E-state index contributed by atoms with van der Waals surface area (Å²) in [6.45, 7) is 7.50. The number of non-ortho nitro benzene ring substituents is 1. The highest BCUT2D eigenvalue weighted by atomic mass is 16.6. The maximum Gasteiger partial charge on any atom is 0.419 e. The lowest BCUT2D eigenvalue weighted by Gasteiger charge is -2.27. The maximum atomic E-state index is 12.0. The predicted octanol–water partition coefficient (Wildman–Crippen LogP) is 1.98. The average Bonchev–Trinajstić information content (AvgIpc) is 2.80. The minimum atomic E-state index is -0.517. The van der Waals surface area contributed by atoms with Crippen LogP contribution in [0.5, 0.6) is 0 Å². The Morgan fingerprint density at radius 1 is 1.38 bits per heavy atom. The molecule has 8 nitrogen and oxygen atoms in total. The third-order valence-electron chi connectivity index (χ3n) is 3.92. The van der Waals surface area contributed by atoms with Crippen molar-refractivity contribution in [3.8, 4) is 0 Å². The van der Waals surface area contributed by atoms with Gasteiger partial charge in [-0.3, -0.25) is 19.6 Å². The van der Waals surface area contributed by atoms with Gasteiger partial charge in [-0.05, 0) is 33.3 Å². The van der Waals surface area contributed by atoms with E-state index in [-0.39, 0.29) is 11.7 Å². The summed E-state index contributed by atoms with van der Waals surface area (Å²) < 4.78 is 6.55. The van der Waals surface area contributed by atoms with Gasteiger partial charge in [-0.2, -0.15) is 0 Å². The second-order valence-corrected chi connectivity index (χ2v) is 6.22. The molecule has 0 fully saturated rings. The number of oxazole rings is 1. The van der Waals surface area contributed by atoms with Crippen molar-refractivity contribution in [1.29, 1.82) is 0 Å². The van der Waals surface area contributed by atoms with Gasteiger partial charge in [0, 0.05) is 37.8 Å². The fourth-order valence-corrected chi connectivity index (χ4v) is 2.71. The Morgan fingerprint density at radius 2 is 2.08 bits per heavy atom. The highest BCUT2D eigenvalue weighted by Gasteiger charge is 2.16. The number of fused-ring (bicyclic) bond motifs is 1. The third kappa shape index (κ3) is 4.21. The molecule has 2 aromatic rings. The van der Waals surface area contributed by atoms with Crippen LogP contribution in [0, 0.1) is 10.1 Å². The van der Waals surface area contributed by atoms with E-state index in [0.29, 0.717) is 37.2 Å². The molecule has 1 atom stereocenters. The van der Waals surface area contributed by atoms with Gasteiger partial charge in [-0.1, -0.05) is 0 Å². The van der Waals surface area contributed by atoms with Crippen LogP contribution in [-0.2, 0) is 6.54 Å². The van der Waals surface area contributed by atoms with Crippen LogP contribution in [0.3, 0.4) is 0 Å². The molecular formula is C16H23N3O5.